The van der Waals surface area contributed by atoms with Gasteiger partial charge in [-0.1, -0.05) is 70.0 Å². The Morgan fingerprint density at radius 2 is 1.82 bits per heavy atom. The summed E-state index contributed by atoms with van der Waals surface area (Å²) in [5.41, 5.74) is 2.15. The average molecular weight is 518 g/mol. The summed E-state index contributed by atoms with van der Waals surface area (Å²) in [5.74, 6) is 0.0754. The van der Waals surface area contributed by atoms with Crippen molar-refractivity contribution in [2.75, 3.05) is 5.32 Å². The van der Waals surface area contributed by atoms with E-state index in [0.717, 1.165) is 20.8 Å². The van der Waals surface area contributed by atoms with E-state index in [1.165, 1.54) is 0 Å². The van der Waals surface area contributed by atoms with Crippen LogP contribution in [0.5, 0.6) is 5.75 Å². The molecule has 4 aromatic rings. The molecule has 4 rings (SSSR count). The zero-order valence-corrected chi connectivity index (χ0v) is 19.7. The second-order valence-electron chi connectivity index (χ2n) is 7.25. The number of ether oxygens (including phenoxy) is 1. The van der Waals surface area contributed by atoms with Crippen molar-refractivity contribution in [2.45, 2.75) is 6.61 Å². The number of fused-ring (bicyclic) bond motifs is 1. The summed E-state index contributed by atoms with van der Waals surface area (Å²) < 4.78 is 6.99. The lowest BCUT2D eigenvalue weighted by molar-refractivity contribution is -0.112. The van der Waals surface area contributed by atoms with Crippen LogP contribution in [0.4, 0.5) is 5.69 Å². The van der Waals surface area contributed by atoms with Gasteiger partial charge in [-0.3, -0.25) is 4.79 Å². The maximum absolute atomic E-state index is 12.8. The maximum atomic E-state index is 12.8. The second-order valence-corrected chi connectivity index (χ2v) is 8.60. The fourth-order valence-electron chi connectivity index (χ4n) is 3.36. The summed E-state index contributed by atoms with van der Waals surface area (Å²) in [6, 6.07) is 28.2. The Labute approximate surface area is 205 Å². The molecule has 4 nitrogen and oxygen atoms in total. The monoisotopic (exact) mass is 516 g/mol. The van der Waals surface area contributed by atoms with Crippen LogP contribution in [0.1, 0.15) is 11.1 Å². The molecule has 4 aromatic carbocycles. The lowest BCUT2D eigenvalue weighted by atomic mass is 10.0. The van der Waals surface area contributed by atoms with Gasteiger partial charge in [-0.05, 0) is 64.9 Å². The van der Waals surface area contributed by atoms with Crippen LogP contribution in [0.3, 0.4) is 0 Å². The van der Waals surface area contributed by atoms with Gasteiger partial charge in [0.15, 0.2) is 0 Å². The minimum absolute atomic E-state index is 0.0260. The Balaban J connectivity index is 1.69. The molecule has 1 N–H and O–H groups in total. The Kier molecular flexibility index (Phi) is 7.09. The lowest BCUT2D eigenvalue weighted by Crippen LogP contribution is -2.13. The van der Waals surface area contributed by atoms with Gasteiger partial charge in [0.25, 0.3) is 5.91 Å². The number of nitrogens with zero attached hydrogens (tertiary/aromatic N) is 1. The van der Waals surface area contributed by atoms with Crippen LogP contribution in [0.25, 0.3) is 16.8 Å². The number of carbonyl (C=O) groups is 1. The van der Waals surface area contributed by atoms with Gasteiger partial charge in [-0.25, -0.2) is 0 Å². The lowest BCUT2D eigenvalue weighted by Gasteiger charge is -2.13. The largest absolute Gasteiger partial charge is 0.488 e. The van der Waals surface area contributed by atoms with Gasteiger partial charge in [0.1, 0.15) is 24.0 Å². The number of anilines is 1. The molecule has 0 aliphatic rings. The molecule has 0 saturated heterocycles. The topological polar surface area (TPSA) is 62.1 Å². The molecule has 1 amide bonds. The summed E-state index contributed by atoms with van der Waals surface area (Å²) in [5, 5.41) is 15.0. The zero-order chi connectivity index (χ0) is 23.2. The highest BCUT2D eigenvalue weighted by Crippen LogP contribution is 2.31. The molecule has 0 aliphatic carbocycles. The maximum Gasteiger partial charge on any atom is 0.266 e. The molecular formula is C27H18BrClN2O2. The van der Waals surface area contributed by atoms with E-state index in [-0.39, 0.29) is 5.57 Å². The molecule has 0 heterocycles. The molecule has 0 saturated carbocycles. The van der Waals surface area contributed by atoms with Gasteiger partial charge < -0.3 is 10.1 Å². The van der Waals surface area contributed by atoms with Gasteiger partial charge in [-0.15, -0.1) is 0 Å². The second kappa shape index (κ2) is 10.4. The van der Waals surface area contributed by atoms with Crippen LogP contribution in [0, 0.1) is 11.3 Å². The quantitative estimate of drug-likeness (QED) is 0.214. The number of nitriles is 1. The number of benzene rings is 4. The van der Waals surface area contributed by atoms with Crippen molar-refractivity contribution in [3.8, 4) is 11.8 Å². The van der Waals surface area contributed by atoms with Gasteiger partial charge in [0.2, 0.25) is 0 Å². The number of amides is 1. The van der Waals surface area contributed by atoms with Crippen LogP contribution in [0.15, 0.2) is 95.0 Å². The number of hydrogen-bond donors (Lipinski definition) is 1. The number of nitrogens with one attached hydrogen (secondary N) is 1. The average Bonchev–Trinajstić information content (AvgIpc) is 2.83. The van der Waals surface area contributed by atoms with E-state index in [1.807, 2.05) is 72.8 Å². The third-order valence-corrected chi connectivity index (χ3v) is 5.73. The summed E-state index contributed by atoms with van der Waals surface area (Å²) in [4.78, 5) is 12.8. The molecule has 0 spiro atoms. The predicted octanol–water partition coefficient (Wildman–Crippen LogP) is 7.38. The third kappa shape index (κ3) is 5.61. The third-order valence-electron chi connectivity index (χ3n) is 4.97. The summed E-state index contributed by atoms with van der Waals surface area (Å²) >= 11 is 9.45. The summed E-state index contributed by atoms with van der Waals surface area (Å²) in [6.07, 6.45) is 1.57. The number of rotatable bonds is 6. The molecule has 0 bridgehead atoms. The van der Waals surface area contributed by atoms with Gasteiger partial charge in [0, 0.05) is 20.7 Å². The molecule has 6 heteroatoms. The molecule has 0 atom stereocenters. The molecule has 0 aromatic heterocycles. The van der Waals surface area contributed by atoms with E-state index in [9.17, 15) is 10.1 Å². The Bertz CT molecular complexity index is 1390. The molecule has 33 heavy (non-hydrogen) atoms. The van der Waals surface area contributed by atoms with Crippen molar-refractivity contribution in [3.05, 3.63) is 111 Å². The number of carbonyl (C=O) groups excluding carboxylic acids is 1. The predicted molar refractivity (Wildman–Crippen MR) is 136 cm³/mol. The molecule has 0 unspecified atom stereocenters. The Morgan fingerprint density at radius 1 is 1.03 bits per heavy atom. The van der Waals surface area contributed by atoms with Crippen molar-refractivity contribution in [1.82, 2.24) is 0 Å². The van der Waals surface area contributed by atoms with Crippen molar-refractivity contribution in [3.63, 3.8) is 0 Å². The van der Waals surface area contributed by atoms with Crippen molar-refractivity contribution in [1.29, 1.82) is 5.26 Å². The first-order valence-electron chi connectivity index (χ1n) is 10.1. The van der Waals surface area contributed by atoms with Crippen molar-refractivity contribution in [2.24, 2.45) is 0 Å². The van der Waals surface area contributed by atoms with E-state index >= 15 is 0 Å². The molecule has 162 valence electrons. The van der Waals surface area contributed by atoms with E-state index in [2.05, 4.69) is 21.2 Å². The van der Waals surface area contributed by atoms with E-state index in [0.29, 0.717) is 28.6 Å². The van der Waals surface area contributed by atoms with E-state index < -0.39 is 5.91 Å². The standard InChI is InChI=1S/C27H18BrClN2O2/c28-21-9-11-23(12-10-21)31-27(32)20(16-30)15-25-24-7-2-1-5-19(24)8-13-26(25)33-17-18-4-3-6-22(29)14-18/h1-15H,17H2,(H,31,32)/b20-15+. The highest BCUT2D eigenvalue weighted by atomic mass is 79.9. The first-order valence-corrected chi connectivity index (χ1v) is 11.3. The van der Waals surface area contributed by atoms with Crippen LogP contribution >= 0.6 is 27.5 Å². The normalized spacial score (nSPS) is 11.1. The summed E-state index contributed by atoms with van der Waals surface area (Å²) in [7, 11) is 0. The fraction of sp³-hybridized carbons (Fsp3) is 0.0370. The van der Waals surface area contributed by atoms with Crippen LogP contribution in [0.2, 0.25) is 5.02 Å². The Morgan fingerprint density at radius 3 is 2.58 bits per heavy atom. The zero-order valence-electron chi connectivity index (χ0n) is 17.4. The highest BCUT2D eigenvalue weighted by molar-refractivity contribution is 9.10. The van der Waals surface area contributed by atoms with E-state index in [1.54, 1.807) is 24.3 Å². The summed E-state index contributed by atoms with van der Waals surface area (Å²) in [6.45, 7) is 0.298. The van der Waals surface area contributed by atoms with Gasteiger partial charge in [0.05, 0.1) is 0 Å². The van der Waals surface area contributed by atoms with Crippen molar-refractivity contribution >= 4 is 56.0 Å². The smallest absolute Gasteiger partial charge is 0.266 e. The van der Waals surface area contributed by atoms with Gasteiger partial charge in [-0.2, -0.15) is 5.26 Å². The van der Waals surface area contributed by atoms with Crippen molar-refractivity contribution < 1.29 is 9.53 Å². The van der Waals surface area contributed by atoms with Gasteiger partial charge >= 0.3 is 0 Å². The minimum atomic E-state index is -0.492. The first kappa shape index (κ1) is 22.6. The first-order chi connectivity index (χ1) is 16.0. The SMILES string of the molecule is N#C/C(=C\c1c(OCc2cccc(Cl)c2)ccc2ccccc12)C(=O)Nc1ccc(Br)cc1. The number of halogens is 2. The number of hydrogen-bond acceptors (Lipinski definition) is 3. The molecule has 0 fully saturated rings. The van der Waals surface area contributed by atoms with Crippen LogP contribution in [-0.2, 0) is 11.4 Å². The minimum Gasteiger partial charge on any atom is -0.488 e. The fourth-order valence-corrected chi connectivity index (χ4v) is 3.84. The Hall–Kier alpha value is -3.59. The van der Waals surface area contributed by atoms with E-state index in [4.69, 9.17) is 16.3 Å². The molecule has 0 aliphatic heterocycles. The van der Waals surface area contributed by atoms with Crippen LogP contribution < -0.4 is 10.1 Å². The highest BCUT2D eigenvalue weighted by Gasteiger charge is 2.14. The molecular weight excluding hydrogens is 500 g/mol. The molecule has 0 radical (unpaired) electrons. The van der Waals surface area contributed by atoms with Crippen LogP contribution in [-0.4, -0.2) is 5.91 Å².